The number of hydrogen-bond donors (Lipinski definition) is 2. The Balaban J connectivity index is 2.38. The number of hydrogen-bond acceptors (Lipinski definition) is 5. The van der Waals surface area contributed by atoms with Gasteiger partial charge < -0.3 is 5.11 Å². The predicted molar refractivity (Wildman–Crippen MR) is 74.8 cm³/mol. The third kappa shape index (κ3) is 2.94. The first kappa shape index (κ1) is 14.0. The molecule has 0 fully saturated rings. The highest BCUT2D eigenvalue weighted by Crippen LogP contribution is 2.27. The lowest BCUT2D eigenvalue weighted by Gasteiger charge is -2.09. The van der Waals surface area contributed by atoms with Crippen LogP contribution >= 0.6 is 11.3 Å². The van der Waals surface area contributed by atoms with Gasteiger partial charge >= 0.3 is 0 Å². The minimum atomic E-state index is -3.63. The monoisotopic (exact) mass is 298 g/mol. The van der Waals surface area contributed by atoms with Crippen LogP contribution in [0.2, 0.25) is 0 Å². The molecular formula is C12H14N2O3S2. The Hall–Kier alpha value is -1.44. The summed E-state index contributed by atoms with van der Waals surface area (Å²) in [5, 5.41) is 9.06. The number of aliphatic hydroxyl groups is 1. The molecule has 0 aliphatic heterocycles. The minimum absolute atomic E-state index is 0.157. The smallest absolute Gasteiger partial charge is 0.263 e. The van der Waals surface area contributed by atoms with Crippen LogP contribution in [0.3, 0.4) is 0 Å². The maximum atomic E-state index is 12.3. The standard InChI is InChI=1S/C12H14N2O3S2/c1-8-6-13-4-3-11(8)14-19(16,17)12-5-10(7-15)18-9(12)2/h3-6,15H,7H2,1-2H3,(H,13,14). The second kappa shape index (κ2) is 5.28. The van der Waals surface area contributed by atoms with E-state index in [1.807, 2.05) is 0 Å². The summed E-state index contributed by atoms with van der Waals surface area (Å²) < 4.78 is 27.1. The van der Waals surface area contributed by atoms with E-state index in [1.54, 1.807) is 26.1 Å². The van der Waals surface area contributed by atoms with Gasteiger partial charge in [0.2, 0.25) is 0 Å². The summed E-state index contributed by atoms with van der Waals surface area (Å²) >= 11 is 1.27. The maximum Gasteiger partial charge on any atom is 0.263 e. The quantitative estimate of drug-likeness (QED) is 0.905. The summed E-state index contributed by atoms with van der Waals surface area (Å²) in [5.41, 5.74) is 1.26. The van der Waals surface area contributed by atoms with Crippen LogP contribution in [-0.4, -0.2) is 18.5 Å². The second-order valence-corrected chi connectivity index (χ2v) is 7.08. The third-order valence-corrected chi connectivity index (χ3v) is 5.29. The molecule has 0 bridgehead atoms. The van der Waals surface area contributed by atoms with Crippen LogP contribution in [0.5, 0.6) is 0 Å². The normalized spacial score (nSPS) is 11.5. The van der Waals surface area contributed by atoms with Crippen molar-refractivity contribution in [1.82, 2.24) is 4.98 Å². The largest absolute Gasteiger partial charge is 0.391 e. The van der Waals surface area contributed by atoms with Crippen LogP contribution in [0.1, 0.15) is 15.3 Å². The van der Waals surface area contributed by atoms with Gasteiger partial charge in [-0.15, -0.1) is 11.3 Å². The van der Waals surface area contributed by atoms with E-state index in [0.29, 0.717) is 15.4 Å². The Bertz CT molecular complexity index is 693. The zero-order valence-electron chi connectivity index (χ0n) is 10.5. The number of sulfonamides is 1. The van der Waals surface area contributed by atoms with Gasteiger partial charge in [0.15, 0.2) is 0 Å². The molecule has 0 saturated heterocycles. The molecule has 2 aromatic heterocycles. The molecule has 0 spiro atoms. The predicted octanol–water partition coefficient (Wildman–Crippen LogP) is 2.05. The van der Waals surface area contributed by atoms with Gasteiger partial charge in [0.05, 0.1) is 12.3 Å². The van der Waals surface area contributed by atoms with Crippen molar-refractivity contribution in [2.24, 2.45) is 0 Å². The Morgan fingerprint density at radius 3 is 2.74 bits per heavy atom. The minimum Gasteiger partial charge on any atom is -0.391 e. The number of anilines is 1. The van der Waals surface area contributed by atoms with Gasteiger partial charge in [-0.05, 0) is 31.5 Å². The Labute approximate surface area is 116 Å². The molecule has 5 nitrogen and oxygen atoms in total. The first-order chi connectivity index (χ1) is 8.94. The number of thiophene rings is 1. The molecule has 7 heteroatoms. The average molecular weight is 298 g/mol. The fourth-order valence-corrected chi connectivity index (χ4v) is 4.28. The third-order valence-electron chi connectivity index (χ3n) is 2.63. The zero-order chi connectivity index (χ0) is 14.0. The van der Waals surface area contributed by atoms with Crippen molar-refractivity contribution in [3.8, 4) is 0 Å². The molecule has 0 aromatic carbocycles. The van der Waals surface area contributed by atoms with Crippen molar-refractivity contribution in [3.63, 3.8) is 0 Å². The van der Waals surface area contributed by atoms with Crippen molar-refractivity contribution in [2.75, 3.05) is 4.72 Å². The van der Waals surface area contributed by atoms with E-state index in [2.05, 4.69) is 9.71 Å². The van der Waals surface area contributed by atoms with E-state index in [4.69, 9.17) is 5.11 Å². The van der Waals surface area contributed by atoms with Crippen LogP contribution in [0, 0.1) is 13.8 Å². The fourth-order valence-electron chi connectivity index (χ4n) is 1.66. The molecule has 2 aromatic rings. The van der Waals surface area contributed by atoms with Crippen LogP contribution in [0.15, 0.2) is 29.4 Å². The van der Waals surface area contributed by atoms with Crippen LogP contribution in [0.4, 0.5) is 5.69 Å². The number of aromatic nitrogens is 1. The molecule has 2 rings (SSSR count). The maximum absolute atomic E-state index is 12.3. The summed E-state index contributed by atoms with van der Waals surface area (Å²) in [7, 11) is -3.63. The summed E-state index contributed by atoms with van der Waals surface area (Å²) in [4.78, 5) is 5.41. The number of nitrogens with zero attached hydrogens (tertiary/aromatic N) is 1. The van der Waals surface area contributed by atoms with Gasteiger partial charge in [-0.25, -0.2) is 8.42 Å². The van der Waals surface area contributed by atoms with Crippen molar-refractivity contribution in [1.29, 1.82) is 0 Å². The Morgan fingerprint density at radius 1 is 1.42 bits per heavy atom. The fraction of sp³-hybridized carbons (Fsp3) is 0.250. The van der Waals surface area contributed by atoms with Crippen molar-refractivity contribution < 1.29 is 13.5 Å². The lowest BCUT2D eigenvalue weighted by atomic mass is 10.3. The molecule has 0 saturated carbocycles. The van der Waals surface area contributed by atoms with E-state index in [9.17, 15) is 8.42 Å². The SMILES string of the molecule is Cc1cnccc1NS(=O)(=O)c1cc(CO)sc1C. The summed E-state index contributed by atoms with van der Waals surface area (Å²) in [6, 6.07) is 3.11. The summed E-state index contributed by atoms with van der Waals surface area (Å²) in [6.45, 7) is 3.34. The van der Waals surface area contributed by atoms with Crippen molar-refractivity contribution >= 4 is 27.0 Å². The highest BCUT2D eigenvalue weighted by Gasteiger charge is 2.20. The van der Waals surface area contributed by atoms with Crippen LogP contribution in [0.25, 0.3) is 0 Å². The van der Waals surface area contributed by atoms with Crippen molar-refractivity contribution in [3.05, 3.63) is 39.8 Å². The van der Waals surface area contributed by atoms with Crippen LogP contribution < -0.4 is 4.72 Å². The highest BCUT2D eigenvalue weighted by molar-refractivity contribution is 7.93. The first-order valence-electron chi connectivity index (χ1n) is 5.57. The molecule has 0 unspecified atom stereocenters. The van der Waals surface area contributed by atoms with E-state index >= 15 is 0 Å². The Morgan fingerprint density at radius 2 is 2.16 bits per heavy atom. The van der Waals surface area contributed by atoms with Gasteiger partial charge in [0.25, 0.3) is 10.0 Å². The Kier molecular flexibility index (Phi) is 3.88. The number of pyridine rings is 1. The molecule has 0 amide bonds. The molecule has 2 N–H and O–H groups in total. The van der Waals surface area contributed by atoms with Gasteiger partial charge in [-0.2, -0.15) is 0 Å². The molecule has 0 aliphatic carbocycles. The van der Waals surface area contributed by atoms with Gasteiger partial charge in [0.1, 0.15) is 4.90 Å². The van der Waals surface area contributed by atoms with Gasteiger partial charge in [-0.1, -0.05) is 0 Å². The van der Waals surface area contributed by atoms with E-state index < -0.39 is 10.0 Å². The zero-order valence-corrected chi connectivity index (χ0v) is 12.2. The first-order valence-corrected chi connectivity index (χ1v) is 7.87. The van der Waals surface area contributed by atoms with E-state index in [0.717, 1.165) is 5.56 Å². The summed E-state index contributed by atoms with van der Waals surface area (Å²) in [5.74, 6) is 0. The lowest BCUT2D eigenvalue weighted by molar-refractivity contribution is 0.285. The highest BCUT2D eigenvalue weighted by atomic mass is 32.2. The molecular weight excluding hydrogens is 284 g/mol. The summed E-state index contributed by atoms with van der Waals surface area (Å²) in [6.07, 6.45) is 3.13. The molecule has 19 heavy (non-hydrogen) atoms. The van der Waals surface area contributed by atoms with E-state index in [1.165, 1.54) is 23.6 Å². The average Bonchev–Trinajstić information content (AvgIpc) is 2.74. The van der Waals surface area contributed by atoms with Gasteiger partial charge in [-0.3, -0.25) is 9.71 Å². The molecule has 0 aliphatic rings. The lowest BCUT2D eigenvalue weighted by Crippen LogP contribution is -2.14. The second-order valence-electron chi connectivity index (χ2n) is 4.09. The molecule has 102 valence electrons. The number of aryl methyl sites for hydroxylation is 2. The molecule has 0 radical (unpaired) electrons. The molecule has 0 atom stereocenters. The van der Waals surface area contributed by atoms with Crippen molar-refractivity contribution in [2.45, 2.75) is 25.3 Å². The number of nitrogens with one attached hydrogen (secondary N) is 1. The van der Waals surface area contributed by atoms with E-state index in [-0.39, 0.29) is 11.5 Å². The molecule has 2 heterocycles. The topological polar surface area (TPSA) is 79.3 Å². The van der Waals surface area contributed by atoms with Crippen LogP contribution in [-0.2, 0) is 16.6 Å². The number of aliphatic hydroxyl groups excluding tert-OH is 1. The number of rotatable bonds is 4. The van der Waals surface area contributed by atoms with Gasteiger partial charge in [0, 0.05) is 22.1 Å².